The Labute approximate surface area is 185 Å². The average molecular weight is 424 g/mol. The van der Waals surface area contributed by atoms with E-state index in [4.69, 9.17) is 4.74 Å². The highest BCUT2D eigenvalue weighted by atomic mass is 16.6. The van der Waals surface area contributed by atoms with Gasteiger partial charge in [0.25, 0.3) is 0 Å². The van der Waals surface area contributed by atoms with Gasteiger partial charge in [0.1, 0.15) is 5.60 Å². The first-order chi connectivity index (χ1) is 14.8. The van der Waals surface area contributed by atoms with Crippen LogP contribution in [0.2, 0.25) is 0 Å². The predicted octanol–water partition coefficient (Wildman–Crippen LogP) is 5.34. The number of carbonyl (C=O) groups is 2. The van der Waals surface area contributed by atoms with Gasteiger partial charge < -0.3 is 20.3 Å². The lowest BCUT2D eigenvalue weighted by molar-refractivity contribution is 0.0523. The molecule has 0 radical (unpaired) electrons. The van der Waals surface area contributed by atoms with Gasteiger partial charge in [-0.2, -0.15) is 0 Å². The highest BCUT2D eigenvalue weighted by Crippen LogP contribution is 2.22. The molecule has 3 rings (SSSR count). The van der Waals surface area contributed by atoms with E-state index >= 15 is 0 Å². The van der Waals surface area contributed by atoms with E-state index in [-0.39, 0.29) is 12.1 Å². The Balaban J connectivity index is 1.58. The number of hydrogen-bond donors (Lipinski definition) is 2. The van der Waals surface area contributed by atoms with Crippen LogP contribution in [0.25, 0.3) is 0 Å². The molecule has 31 heavy (non-hydrogen) atoms. The van der Waals surface area contributed by atoms with Gasteiger partial charge in [0.2, 0.25) is 0 Å². The van der Waals surface area contributed by atoms with Gasteiger partial charge >= 0.3 is 12.1 Å². The van der Waals surface area contributed by atoms with E-state index < -0.39 is 11.7 Å². The number of nitrogens with one attached hydrogen (secondary N) is 2. The first kappa shape index (κ1) is 22.7. The van der Waals surface area contributed by atoms with E-state index in [1.807, 2.05) is 68.1 Å². The number of hydrogen-bond acceptors (Lipinski definition) is 3. The van der Waals surface area contributed by atoms with E-state index in [0.29, 0.717) is 6.54 Å². The van der Waals surface area contributed by atoms with Gasteiger partial charge in [0.05, 0.1) is 0 Å². The van der Waals surface area contributed by atoms with Crippen LogP contribution in [0.5, 0.6) is 0 Å². The number of nitrogens with zero attached hydrogens (tertiary/aromatic N) is 1. The van der Waals surface area contributed by atoms with Gasteiger partial charge in [-0.05, 0) is 69.7 Å². The Morgan fingerprint density at radius 1 is 1.03 bits per heavy atom. The second-order valence-electron chi connectivity index (χ2n) is 9.02. The van der Waals surface area contributed by atoms with E-state index in [0.717, 1.165) is 43.5 Å². The molecule has 6 nitrogen and oxygen atoms in total. The van der Waals surface area contributed by atoms with Gasteiger partial charge in [-0.25, -0.2) is 9.59 Å². The van der Waals surface area contributed by atoms with E-state index in [1.54, 1.807) is 0 Å². The number of amides is 3. The Hall–Kier alpha value is -3.02. The van der Waals surface area contributed by atoms with Crippen molar-refractivity contribution in [3.8, 4) is 0 Å². The fraction of sp³-hybridized carbons (Fsp3) is 0.440. The molecule has 166 valence electrons. The van der Waals surface area contributed by atoms with Crippen LogP contribution >= 0.6 is 0 Å². The summed E-state index contributed by atoms with van der Waals surface area (Å²) in [6.45, 7) is 6.58. The molecule has 1 aliphatic heterocycles. The van der Waals surface area contributed by atoms with Crippen molar-refractivity contribution in [3.63, 3.8) is 0 Å². The second-order valence-corrected chi connectivity index (χ2v) is 9.02. The molecular formula is C25H33N3O3. The summed E-state index contributed by atoms with van der Waals surface area (Å²) >= 11 is 0. The largest absolute Gasteiger partial charge is 0.444 e. The summed E-state index contributed by atoms with van der Waals surface area (Å²) in [5.41, 5.74) is 2.33. The number of alkyl carbamates (subject to hydrolysis) is 1. The van der Waals surface area contributed by atoms with Crippen molar-refractivity contribution in [2.75, 3.05) is 11.9 Å². The summed E-state index contributed by atoms with van der Waals surface area (Å²) in [6, 6.07) is 18.0. The molecule has 0 bridgehead atoms. The number of anilines is 1. The lowest BCUT2D eigenvalue weighted by Gasteiger charge is -2.36. The Morgan fingerprint density at radius 2 is 1.77 bits per heavy atom. The monoisotopic (exact) mass is 423 g/mol. The highest BCUT2D eigenvalue weighted by Gasteiger charge is 2.27. The Bertz CT molecular complexity index is 877. The van der Waals surface area contributed by atoms with Crippen molar-refractivity contribution < 1.29 is 14.3 Å². The molecule has 1 fully saturated rings. The van der Waals surface area contributed by atoms with Crippen molar-refractivity contribution in [2.45, 2.75) is 64.6 Å². The van der Waals surface area contributed by atoms with Gasteiger partial charge in [-0.15, -0.1) is 0 Å². The van der Waals surface area contributed by atoms with Crippen LogP contribution in [0, 0.1) is 0 Å². The van der Waals surface area contributed by atoms with E-state index in [2.05, 4.69) is 22.8 Å². The quantitative estimate of drug-likeness (QED) is 0.682. The van der Waals surface area contributed by atoms with Crippen LogP contribution in [0.4, 0.5) is 15.3 Å². The first-order valence-corrected chi connectivity index (χ1v) is 11.0. The maximum Gasteiger partial charge on any atom is 0.407 e. The molecule has 3 amide bonds. The van der Waals surface area contributed by atoms with Crippen LogP contribution in [0.15, 0.2) is 54.6 Å². The zero-order valence-electron chi connectivity index (χ0n) is 18.7. The van der Waals surface area contributed by atoms with Gasteiger partial charge in [-0.1, -0.05) is 42.5 Å². The molecule has 2 N–H and O–H groups in total. The van der Waals surface area contributed by atoms with Crippen LogP contribution in [0.1, 0.15) is 51.2 Å². The second kappa shape index (κ2) is 10.3. The molecule has 1 unspecified atom stereocenters. The molecular weight excluding hydrogens is 390 g/mol. The minimum atomic E-state index is -0.537. The highest BCUT2D eigenvalue weighted by molar-refractivity contribution is 5.89. The molecule has 2 aromatic rings. The summed E-state index contributed by atoms with van der Waals surface area (Å²) in [7, 11) is 0. The number of urea groups is 1. The Morgan fingerprint density at radius 3 is 2.52 bits per heavy atom. The normalized spacial score (nSPS) is 16.5. The van der Waals surface area contributed by atoms with E-state index in [1.165, 1.54) is 5.56 Å². The fourth-order valence-electron chi connectivity index (χ4n) is 3.81. The standard InChI is InChI=1S/C25H33N3O3/c1-25(2,3)31-24(30)26-18-20-12-9-13-21(16-20)27-23(29)28-15-8-7-14-22(28)17-19-10-5-4-6-11-19/h4-6,9-13,16,22H,7-8,14-15,17-18H2,1-3H3,(H,26,30)(H,27,29). The third-order valence-corrected chi connectivity index (χ3v) is 5.22. The van der Waals surface area contributed by atoms with Crippen molar-refractivity contribution >= 4 is 17.8 Å². The van der Waals surface area contributed by atoms with Crippen LogP contribution in [-0.2, 0) is 17.7 Å². The minimum Gasteiger partial charge on any atom is -0.444 e. The molecule has 0 spiro atoms. The molecule has 0 aromatic heterocycles. The maximum absolute atomic E-state index is 13.0. The zero-order valence-corrected chi connectivity index (χ0v) is 18.7. The third kappa shape index (κ3) is 7.31. The predicted molar refractivity (Wildman–Crippen MR) is 123 cm³/mol. The molecule has 6 heteroatoms. The molecule has 1 aliphatic rings. The molecule has 0 aliphatic carbocycles. The lowest BCUT2D eigenvalue weighted by atomic mass is 9.96. The average Bonchev–Trinajstić information content (AvgIpc) is 2.72. The number of rotatable bonds is 5. The maximum atomic E-state index is 13.0. The molecule has 1 atom stereocenters. The fourth-order valence-corrected chi connectivity index (χ4v) is 3.81. The summed E-state index contributed by atoms with van der Waals surface area (Å²) in [5.74, 6) is 0. The third-order valence-electron chi connectivity index (χ3n) is 5.22. The van der Waals surface area contributed by atoms with Crippen molar-refractivity contribution in [1.29, 1.82) is 0 Å². The van der Waals surface area contributed by atoms with Crippen LogP contribution in [0.3, 0.4) is 0 Å². The Kier molecular flexibility index (Phi) is 7.55. The van der Waals surface area contributed by atoms with Crippen molar-refractivity contribution in [2.24, 2.45) is 0 Å². The van der Waals surface area contributed by atoms with Crippen molar-refractivity contribution in [1.82, 2.24) is 10.2 Å². The van der Waals surface area contributed by atoms with Crippen LogP contribution in [-0.4, -0.2) is 35.2 Å². The van der Waals surface area contributed by atoms with Gasteiger partial charge in [-0.3, -0.25) is 0 Å². The van der Waals surface area contributed by atoms with Gasteiger partial charge in [0, 0.05) is 24.8 Å². The van der Waals surface area contributed by atoms with Gasteiger partial charge in [0.15, 0.2) is 0 Å². The number of likely N-dealkylation sites (tertiary alicyclic amines) is 1. The van der Waals surface area contributed by atoms with Crippen molar-refractivity contribution in [3.05, 3.63) is 65.7 Å². The van der Waals surface area contributed by atoms with Crippen LogP contribution < -0.4 is 10.6 Å². The number of ether oxygens (including phenoxy) is 1. The topological polar surface area (TPSA) is 70.7 Å². The molecule has 2 aromatic carbocycles. The molecule has 0 saturated carbocycles. The SMILES string of the molecule is CC(C)(C)OC(=O)NCc1cccc(NC(=O)N2CCCCC2Cc2ccccc2)c1. The summed E-state index contributed by atoms with van der Waals surface area (Å²) in [6.07, 6.45) is 3.60. The molecule has 1 heterocycles. The first-order valence-electron chi connectivity index (χ1n) is 11.0. The lowest BCUT2D eigenvalue weighted by Crippen LogP contribution is -2.46. The smallest absolute Gasteiger partial charge is 0.407 e. The zero-order chi connectivity index (χ0) is 22.3. The number of benzene rings is 2. The minimum absolute atomic E-state index is 0.0714. The summed E-state index contributed by atoms with van der Waals surface area (Å²) in [4.78, 5) is 26.9. The van der Waals surface area contributed by atoms with E-state index in [9.17, 15) is 9.59 Å². The number of carbonyl (C=O) groups excluding carboxylic acids is 2. The molecule has 1 saturated heterocycles. The summed E-state index contributed by atoms with van der Waals surface area (Å²) in [5, 5.41) is 5.79. The summed E-state index contributed by atoms with van der Waals surface area (Å²) < 4.78 is 5.27. The number of piperidine rings is 1.